The van der Waals surface area contributed by atoms with Crippen LogP contribution in [0.25, 0.3) is 11.1 Å². The summed E-state index contributed by atoms with van der Waals surface area (Å²) in [5, 5.41) is 0.709. The number of allylic oxidation sites excluding steroid dienone is 2. The van der Waals surface area contributed by atoms with E-state index in [0.717, 1.165) is 52.9 Å². The molecule has 0 aliphatic carbocycles. The van der Waals surface area contributed by atoms with Crippen LogP contribution in [0.5, 0.6) is 0 Å². The number of nitrogens with zero attached hydrogens (tertiary/aromatic N) is 3. The monoisotopic (exact) mass is 655 g/mol. The lowest BCUT2D eigenvalue weighted by Crippen LogP contribution is -2.41. The van der Waals surface area contributed by atoms with Crippen LogP contribution in [-0.4, -0.2) is 34.0 Å². The van der Waals surface area contributed by atoms with E-state index in [4.69, 9.17) is 4.99 Å². The molecule has 3 aromatic carbocycles. The van der Waals surface area contributed by atoms with Gasteiger partial charge < -0.3 is 9.80 Å². The number of amidine groups is 1. The smallest absolute Gasteiger partial charge is 0.337 e. The van der Waals surface area contributed by atoms with Gasteiger partial charge in [-0.05, 0) is 71.9 Å². The van der Waals surface area contributed by atoms with Crippen molar-refractivity contribution in [3.63, 3.8) is 0 Å². The first-order chi connectivity index (χ1) is 21.6. The molecule has 0 N–H and O–H groups in total. The molecular weight excluding hydrogens is 610 g/mol. The van der Waals surface area contributed by atoms with Gasteiger partial charge in [0.25, 0.3) is 0 Å². The minimum atomic E-state index is -4.37. The molecule has 1 aliphatic heterocycles. The second-order valence-corrected chi connectivity index (χ2v) is 11.3. The van der Waals surface area contributed by atoms with Crippen LogP contribution in [0.1, 0.15) is 71.6 Å². The highest BCUT2D eigenvalue weighted by Crippen LogP contribution is 2.31. The number of halogens is 4. The number of alkyl halides is 3. The number of aliphatic imine (C=N–C) groups is 1. The van der Waals surface area contributed by atoms with Gasteiger partial charge in [-0.1, -0.05) is 101 Å². The highest BCUT2D eigenvalue weighted by atomic mass is 32.2. The van der Waals surface area contributed by atoms with Gasteiger partial charge in [0.1, 0.15) is 12.4 Å². The van der Waals surface area contributed by atoms with Crippen molar-refractivity contribution in [2.24, 2.45) is 4.99 Å². The fourth-order valence-electron chi connectivity index (χ4n) is 4.65. The van der Waals surface area contributed by atoms with Gasteiger partial charge in [0.15, 0.2) is 5.17 Å². The quantitative estimate of drug-likeness (QED) is 0.204. The van der Waals surface area contributed by atoms with E-state index in [1.54, 1.807) is 12.1 Å². The third-order valence-electron chi connectivity index (χ3n) is 6.92. The molecule has 0 fully saturated rings. The molecule has 0 saturated heterocycles. The molecule has 0 radical (unpaired) electrons. The number of hydrogen-bond donors (Lipinski definition) is 0. The van der Waals surface area contributed by atoms with Crippen LogP contribution in [0.2, 0.25) is 0 Å². The number of thioether (sulfide) groups is 1. The van der Waals surface area contributed by atoms with Crippen LogP contribution >= 0.6 is 11.8 Å². The Morgan fingerprint density at radius 1 is 0.913 bits per heavy atom. The van der Waals surface area contributed by atoms with Crippen LogP contribution in [-0.2, 0) is 23.3 Å². The van der Waals surface area contributed by atoms with Crippen molar-refractivity contribution in [1.29, 1.82) is 0 Å². The normalized spacial score (nSPS) is 13.7. The van der Waals surface area contributed by atoms with E-state index < -0.39 is 11.7 Å². The second-order valence-electron chi connectivity index (χ2n) is 10.3. The minimum Gasteiger partial charge on any atom is -0.337 e. The molecule has 1 aliphatic rings. The molecule has 4 nitrogen and oxygen atoms in total. The van der Waals surface area contributed by atoms with Crippen molar-refractivity contribution < 1.29 is 22.4 Å². The first kappa shape index (κ1) is 38.3. The van der Waals surface area contributed by atoms with Crippen molar-refractivity contribution in [2.75, 3.05) is 13.1 Å². The molecule has 9 heteroatoms. The van der Waals surface area contributed by atoms with E-state index in [1.807, 2.05) is 68.0 Å². The summed E-state index contributed by atoms with van der Waals surface area (Å²) in [7, 11) is 0. The van der Waals surface area contributed by atoms with E-state index in [9.17, 15) is 22.4 Å². The molecule has 1 amide bonds. The van der Waals surface area contributed by atoms with Crippen LogP contribution in [0.4, 0.5) is 17.6 Å². The first-order valence-electron chi connectivity index (χ1n) is 15.2. The highest BCUT2D eigenvalue weighted by molar-refractivity contribution is 8.13. The summed E-state index contributed by atoms with van der Waals surface area (Å²) in [4.78, 5) is 22.2. The summed E-state index contributed by atoms with van der Waals surface area (Å²) >= 11 is 1.50. The van der Waals surface area contributed by atoms with Gasteiger partial charge in [-0.25, -0.2) is 9.38 Å². The zero-order valence-electron chi connectivity index (χ0n) is 26.5. The van der Waals surface area contributed by atoms with Gasteiger partial charge in [0.05, 0.1) is 11.3 Å². The van der Waals surface area contributed by atoms with Gasteiger partial charge in [-0.2, -0.15) is 13.2 Å². The predicted octanol–water partition coefficient (Wildman–Crippen LogP) is 10.7. The van der Waals surface area contributed by atoms with Gasteiger partial charge in [0, 0.05) is 25.0 Å². The summed E-state index contributed by atoms with van der Waals surface area (Å²) < 4.78 is 52.1. The maximum absolute atomic E-state index is 13.6. The van der Waals surface area contributed by atoms with E-state index in [1.165, 1.54) is 36.0 Å². The van der Waals surface area contributed by atoms with Gasteiger partial charge in [-0.3, -0.25) is 4.79 Å². The molecular formula is C37H45F4N3OS. The van der Waals surface area contributed by atoms with Crippen LogP contribution in [0.3, 0.4) is 0 Å². The molecule has 3 aromatic rings. The topological polar surface area (TPSA) is 35.9 Å². The molecule has 248 valence electrons. The van der Waals surface area contributed by atoms with Crippen molar-refractivity contribution in [3.05, 3.63) is 119 Å². The Kier molecular flexibility index (Phi) is 15.3. The van der Waals surface area contributed by atoms with Gasteiger partial charge in [-0.15, -0.1) is 0 Å². The Bertz CT molecular complexity index is 1480. The first-order valence-corrected chi connectivity index (χ1v) is 16.2. The molecule has 0 spiro atoms. The summed E-state index contributed by atoms with van der Waals surface area (Å²) in [6, 6.07) is 19.0. The number of carbonyl (C=O) groups is 1. The fourth-order valence-corrected chi connectivity index (χ4v) is 5.58. The minimum absolute atomic E-state index is 0. The van der Waals surface area contributed by atoms with Crippen molar-refractivity contribution >= 4 is 22.8 Å². The molecule has 4 rings (SSSR count). The van der Waals surface area contributed by atoms with Crippen LogP contribution < -0.4 is 0 Å². The molecule has 0 atom stereocenters. The Labute approximate surface area is 275 Å². The van der Waals surface area contributed by atoms with Gasteiger partial charge in [0.2, 0.25) is 5.91 Å². The number of carbonyl (C=O) groups excluding carboxylic acids is 1. The summed E-state index contributed by atoms with van der Waals surface area (Å²) in [6.07, 6.45) is 1.26. The Morgan fingerprint density at radius 2 is 1.48 bits per heavy atom. The summed E-state index contributed by atoms with van der Waals surface area (Å²) in [5.41, 5.74) is 4.55. The van der Waals surface area contributed by atoms with Crippen molar-refractivity contribution in [3.8, 4) is 11.1 Å². The number of amides is 1. The van der Waals surface area contributed by atoms with Crippen LogP contribution in [0, 0.1) is 5.82 Å². The number of rotatable bonds is 10. The zero-order chi connectivity index (χ0) is 33.0. The van der Waals surface area contributed by atoms with E-state index >= 15 is 0 Å². The standard InChI is InChI=1S/C34H35F4N3OS.C2H6.CH4/c1-4-6-31-24(3)20-41(33(39-31)43-23-26-9-17-30(35)18-10-26)22-32(42)40(19-5-2)21-25-7-11-27(12-8-25)28-13-15-29(16-14-28)34(36,37)38;1-2;/h6-18,20H,4-5,19,21-23H2,1-3H3;1-2H3;1H4. The number of benzene rings is 3. The predicted molar refractivity (Wildman–Crippen MR) is 185 cm³/mol. The largest absolute Gasteiger partial charge is 0.416 e. The molecule has 0 unspecified atom stereocenters. The molecule has 0 aromatic heterocycles. The SMILES string of the molecule is C.CC.CCC=C1N=C(SCc2ccc(F)cc2)N(CC(=O)N(CCC)Cc2ccc(-c3ccc(C(F)(F)F)cc3)cc2)C=C1C. The lowest BCUT2D eigenvalue weighted by atomic mass is 10.0. The third-order valence-corrected chi connectivity index (χ3v) is 7.98. The second kappa shape index (κ2) is 18.3. The maximum Gasteiger partial charge on any atom is 0.416 e. The highest BCUT2D eigenvalue weighted by Gasteiger charge is 2.30. The van der Waals surface area contributed by atoms with Crippen LogP contribution in [0.15, 0.2) is 101 Å². The van der Waals surface area contributed by atoms with Crippen molar-refractivity contribution in [1.82, 2.24) is 9.80 Å². The van der Waals surface area contributed by atoms with Crippen molar-refractivity contribution in [2.45, 2.75) is 73.4 Å². The lowest BCUT2D eigenvalue weighted by Gasteiger charge is -2.30. The average molecular weight is 656 g/mol. The Morgan fingerprint density at radius 3 is 2.02 bits per heavy atom. The molecule has 1 heterocycles. The molecule has 46 heavy (non-hydrogen) atoms. The summed E-state index contributed by atoms with van der Waals surface area (Å²) in [6.45, 7) is 11.2. The van der Waals surface area contributed by atoms with E-state index in [-0.39, 0.29) is 25.7 Å². The number of hydrogen-bond acceptors (Lipinski definition) is 4. The van der Waals surface area contributed by atoms with Gasteiger partial charge >= 0.3 is 6.18 Å². The van der Waals surface area contributed by atoms with E-state index in [0.29, 0.717) is 29.6 Å². The Balaban J connectivity index is 0.00000241. The molecule has 0 bridgehead atoms. The van der Waals surface area contributed by atoms with E-state index in [2.05, 4.69) is 13.0 Å². The maximum atomic E-state index is 13.6. The third kappa shape index (κ3) is 10.9. The summed E-state index contributed by atoms with van der Waals surface area (Å²) in [5.74, 6) is 0.253. The molecule has 0 saturated carbocycles. The zero-order valence-corrected chi connectivity index (χ0v) is 27.3. The fraction of sp³-hybridized carbons (Fsp3) is 0.351. The lowest BCUT2D eigenvalue weighted by molar-refractivity contribution is -0.137. The average Bonchev–Trinajstić information content (AvgIpc) is 3.03. The Hall–Kier alpha value is -3.85.